The zero-order chi connectivity index (χ0) is 73.1. The molecule has 0 amide bonds. The topological polar surface area (TPSA) is 49.0 Å². The molecular formula is C96H114N4O4+4. The Morgan fingerprint density at radius 1 is 0.356 bits per heavy atom. The van der Waals surface area contributed by atoms with Crippen LogP contribution in [0, 0.1) is 38.5 Å². The number of rotatable bonds is 15. The van der Waals surface area contributed by atoms with E-state index in [0.29, 0.717) is 32.3 Å². The zero-order valence-electron chi connectivity index (χ0n) is 65.1. The van der Waals surface area contributed by atoms with Gasteiger partial charge in [0.05, 0.1) is 22.3 Å². The summed E-state index contributed by atoms with van der Waals surface area (Å²) in [6, 6.07) is 65.4. The molecule has 9 aromatic rings. The highest BCUT2D eigenvalue weighted by atomic mass is 16.5. The van der Waals surface area contributed by atoms with Crippen LogP contribution in [0.15, 0.2) is 182 Å². The van der Waals surface area contributed by atoms with Crippen LogP contribution >= 0.6 is 0 Å². The number of hydrogen-bond acceptors (Lipinski definition) is 4. The third-order valence-corrected chi connectivity index (χ3v) is 24.2. The van der Waals surface area contributed by atoms with Gasteiger partial charge < -0.3 is 18.9 Å². The van der Waals surface area contributed by atoms with Crippen molar-refractivity contribution in [3.8, 4) is 23.0 Å². The number of aryl methyl sites for hydroxylation is 7. The molecule has 9 aromatic carbocycles. The number of para-hydroxylation sites is 5. The molecule has 0 aromatic heterocycles. The maximum atomic E-state index is 6.56. The van der Waals surface area contributed by atoms with Crippen LogP contribution in [0.1, 0.15) is 223 Å². The average molecular weight is 1390 g/mol. The minimum Gasteiger partial charge on any atom is -0.435 e. The Morgan fingerprint density at radius 3 is 1.19 bits per heavy atom. The first-order valence-corrected chi connectivity index (χ1v) is 39.1. The number of nitrogens with zero attached hydrogens (tertiary/aromatic N) is 4. The molecule has 4 fully saturated rings. The van der Waals surface area contributed by atoms with Crippen LogP contribution in [0.5, 0.6) is 23.0 Å². The monoisotopic (exact) mass is 1390 g/mol. The van der Waals surface area contributed by atoms with Gasteiger partial charge in [0, 0.05) is 68.6 Å². The maximum absolute atomic E-state index is 6.56. The van der Waals surface area contributed by atoms with Crippen molar-refractivity contribution in [2.45, 2.75) is 203 Å². The second kappa shape index (κ2) is 30.9. The summed E-state index contributed by atoms with van der Waals surface area (Å²) in [6.45, 7) is 36.0. The van der Waals surface area contributed by atoms with Crippen LogP contribution in [0.25, 0.3) is 0 Å². The molecule has 0 radical (unpaired) electrons. The van der Waals surface area contributed by atoms with E-state index in [1.165, 1.54) is 145 Å². The van der Waals surface area contributed by atoms with Gasteiger partial charge in [-0.3, -0.25) is 0 Å². The van der Waals surface area contributed by atoms with Gasteiger partial charge in [-0.05, 0) is 184 Å². The standard InChI is InChI=1S/C27H32NO.C26H28NO.C26H36NO.C17H18NO/c1-3-22-6-4-5-7-25(22)28-16-23-8-18(2)9-24(26(23)29-17-28)27-13-19-10-20(14-27)12-21(11-19)15-27;1-5-20-11-9-10-14-24(20)27-17-21-15-19(2)16-23(25(21)28-18-27)26(3,4)22-12-7-6-8-13-22;1-8-19-13-11-12-14-23(19)27-17-20-15-21(25(4,5)9-2)16-22(24(20)28-18-27)26(6,7)10-3;1-3-14-8-4-5-10-16(14)18-11-15-9-6-7-13(2)17(15)19-12-18/h4-9,16,19-21H,3,10-15,17H2,1-2H3;6-17H,5,18H2,1-4H3;11-17H,8-10,18H2,1-7H3;4-11H,3,12H2,1-2H3/q4*+1. The summed E-state index contributed by atoms with van der Waals surface area (Å²) in [7, 11) is 0. The lowest BCUT2D eigenvalue weighted by atomic mass is 9.48. The lowest BCUT2D eigenvalue weighted by Gasteiger charge is -2.57. The summed E-state index contributed by atoms with van der Waals surface area (Å²) < 4.78 is 34.2. The Labute approximate surface area is 622 Å². The van der Waals surface area contributed by atoms with Crippen LogP contribution in [0.3, 0.4) is 0 Å². The van der Waals surface area contributed by atoms with Crippen LogP contribution in [-0.4, -0.2) is 70.1 Å². The SMILES string of the molecule is CCc1ccccc1[N+]1=Cc2cc(C(C)(C)CC)cc(C(C)(C)CC)c2OC1.CCc1ccccc1[N+]1=Cc2cc(C)cc(C(C)(C)c3ccccc3)c2OC1.CCc1ccccc1[N+]1=Cc2cc(C)cc(C34CC5CC(CC(C5)C3)C4)c2OC1.CCc1ccccc1[N+]1=Cc2cccc(C)c2OC1. The fourth-order valence-corrected chi connectivity index (χ4v) is 17.9. The van der Waals surface area contributed by atoms with Gasteiger partial charge >= 0.3 is 0 Å². The number of fused-ring (bicyclic) bond motifs is 4. The van der Waals surface area contributed by atoms with Crippen LogP contribution in [0.4, 0.5) is 22.7 Å². The number of hydrogen-bond donors (Lipinski definition) is 0. The fraction of sp³-hybridized carbons (Fsp3) is 0.396. The molecule has 104 heavy (non-hydrogen) atoms. The normalized spacial score (nSPS) is 18.9. The molecule has 8 nitrogen and oxygen atoms in total. The quantitative estimate of drug-likeness (QED) is 0.0960. The highest BCUT2D eigenvalue weighted by Gasteiger charge is 2.53. The van der Waals surface area contributed by atoms with Gasteiger partial charge in [0.15, 0.2) is 24.9 Å². The highest BCUT2D eigenvalue weighted by Crippen LogP contribution is 2.62. The van der Waals surface area contributed by atoms with Gasteiger partial charge in [0.1, 0.15) is 23.0 Å². The van der Waals surface area contributed by atoms with E-state index in [0.717, 1.165) is 84.7 Å². The third kappa shape index (κ3) is 15.1. The van der Waals surface area contributed by atoms with E-state index in [4.69, 9.17) is 18.9 Å². The summed E-state index contributed by atoms with van der Waals surface area (Å²) in [5, 5.41) is 0. The van der Waals surface area contributed by atoms with E-state index in [2.05, 4.69) is 329 Å². The molecule has 0 unspecified atom stereocenters. The van der Waals surface area contributed by atoms with Gasteiger partial charge in [-0.15, -0.1) is 0 Å². The fourth-order valence-electron chi connectivity index (χ4n) is 17.9. The maximum Gasteiger partial charge on any atom is 0.292 e. The predicted molar refractivity (Wildman–Crippen MR) is 431 cm³/mol. The van der Waals surface area contributed by atoms with Gasteiger partial charge in [-0.2, -0.15) is 18.3 Å². The Morgan fingerprint density at radius 2 is 0.740 bits per heavy atom. The van der Waals surface area contributed by atoms with Crippen molar-refractivity contribution in [1.29, 1.82) is 0 Å². The molecule has 0 atom stereocenters. The molecule has 0 spiro atoms. The minimum absolute atomic E-state index is 0.0846. The summed E-state index contributed by atoms with van der Waals surface area (Å²) in [4.78, 5) is 0. The van der Waals surface area contributed by atoms with Crippen LogP contribution < -0.4 is 18.9 Å². The van der Waals surface area contributed by atoms with Crippen molar-refractivity contribution in [3.05, 3.63) is 271 Å². The third-order valence-electron chi connectivity index (χ3n) is 24.2. The average Bonchev–Trinajstić information content (AvgIpc) is 0.722. The lowest BCUT2D eigenvalue weighted by molar-refractivity contribution is -0.477. The molecule has 0 N–H and O–H groups in total. The highest BCUT2D eigenvalue weighted by molar-refractivity contribution is 5.86. The predicted octanol–water partition coefficient (Wildman–Crippen LogP) is 22.5. The van der Waals surface area contributed by atoms with E-state index in [1.807, 2.05) is 0 Å². The Kier molecular flexibility index (Phi) is 21.7. The first-order chi connectivity index (χ1) is 50.2. The van der Waals surface area contributed by atoms with E-state index >= 15 is 0 Å². The van der Waals surface area contributed by atoms with E-state index in [-0.39, 0.29) is 16.2 Å². The van der Waals surface area contributed by atoms with Gasteiger partial charge in [-0.25, -0.2) is 0 Å². The lowest BCUT2D eigenvalue weighted by Crippen LogP contribution is -2.49. The molecule has 4 bridgehead atoms. The zero-order valence-corrected chi connectivity index (χ0v) is 65.1. The summed E-state index contributed by atoms with van der Waals surface area (Å²) in [5.41, 5.74) is 26.3. The summed E-state index contributed by atoms with van der Waals surface area (Å²) in [5.74, 6) is 7.13. The van der Waals surface area contributed by atoms with Crippen molar-refractivity contribution >= 4 is 47.6 Å². The van der Waals surface area contributed by atoms with Crippen LogP contribution in [-0.2, 0) is 47.3 Å². The largest absolute Gasteiger partial charge is 0.435 e. The van der Waals surface area contributed by atoms with Gasteiger partial charge in [0.2, 0.25) is 22.7 Å². The van der Waals surface area contributed by atoms with E-state index < -0.39 is 0 Å². The molecule has 538 valence electrons. The molecule has 8 aliphatic rings. The van der Waals surface area contributed by atoms with Crippen LogP contribution in [0.2, 0.25) is 0 Å². The second-order valence-corrected chi connectivity index (χ2v) is 32.5. The first-order valence-electron chi connectivity index (χ1n) is 39.1. The van der Waals surface area contributed by atoms with Crippen molar-refractivity contribution in [2.75, 3.05) is 26.9 Å². The summed E-state index contributed by atoms with van der Waals surface area (Å²) >= 11 is 0. The first kappa shape index (κ1) is 73.2. The second-order valence-electron chi connectivity index (χ2n) is 32.5. The Hall–Kier alpha value is -9.14. The van der Waals surface area contributed by atoms with Crippen molar-refractivity contribution in [1.82, 2.24) is 0 Å². The number of benzene rings is 9. The van der Waals surface area contributed by atoms with Gasteiger partial charge in [-0.1, -0.05) is 217 Å². The summed E-state index contributed by atoms with van der Waals surface area (Å²) in [6.07, 6.45) is 24.0. The van der Waals surface area contributed by atoms with Crippen molar-refractivity contribution in [2.24, 2.45) is 17.8 Å². The molecule has 17 rings (SSSR count). The number of ether oxygens (including phenoxy) is 4. The molecule has 0 saturated heterocycles. The Bertz CT molecular complexity index is 4720. The molecule has 4 heterocycles. The smallest absolute Gasteiger partial charge is 0.292 e. The molecule has 8 heteroatoms. The van der Waals surface area contributed by atoms with Gasteiger partial charge in [0.25, 0.3) is 26.9 Å². The molecular weight excluding hydrogens is 1270 g/mol. The van der Waals surface area contributed by atoms with E-state index in [1.54, 1.807) is 0 Å². The molecule has 4 saturated carbocycles. The van der Waals surface area contributed by atoms with Crippen molar-refractivity contribution in [3.63, 3.8) is 0 Å². The molecule has 4 aliphatic heterocycles. The van der Waals surface area contributed by atoms with E-state index in [9.17, 15) is 0 Å². The minimum atomic E-state index is -0.130. The Balaban J connectivity index is 0.000000125. The van der Waals surface area contributed by atoms with Crippen molar-refractivity contribution < 1.29 is 37.2 Å². The molecule has 4 aliphatic carbocycles.